The summed E-state index contributed by atoms with van der Waals surface area (Å²) in [5.41, 5.74) is 3.46. The largest absolute Gasteiger partial charge is 0.347 e. The van der Waals surface area contributed by atoms with Crippen LogP contribution in [-0.4, -0.2) is 40.5 Å². The highest BCUT2D eigenvalue weighted by Gasteiger charge is 2.36. The number of hydrazine groups is 1. The molecule has 136 valence electrons. The number of para-hydroxylation sites is 1. The van der Waals surface area contributed by atoms with Crippen molar-refractivity contribution < 1.29 is 9.59 Å². The lowest BCUT2D eigenvalue weighted by Gasteiger charge is -2.16. The third kappa shape index (κ3) is 3.01. The molecule has 0 bridgehead atoms. The summed E-state index contributed by atoms with van der Waals surface area (Å²) < 4.78 is 2.19. The predicted molar refractivity (Wildman–Crippen MR) is 106 cm³/mol. The Labute approximate surface area is 158 Å². The van der Waals surface area contributed by atoms with Gasteiger partial charge in [0.1, 0.15) is 5.57 Å². The molecule has 27 heavy (non-hydrogen) atoms. The van der Waals surface area contributed by atoms with E-state index in [4.69, 9.17) is 0 Å². The zero-order valence-corrected chi connectivity index (χ0v) is 15.4. The Balaban J connectivity index is 1.71. The molecule has 2 heterocycles. The van der Waals surface area contributed by atoms with E-state index in [1.165, 1.54) is 15.6 Å². The molecule has 4 rings (SSSR count). The van der Waals surface area contributed by atoms with Crippen LogP contribution in [0.25, 0.3) is 17.0 Å². The van der Waals surface area contributed by atoms with Gasteiger partial charge in [0.15, 0.2) is 0 Å². The molecule has 1 aliphatic rings. The number of benzene rings is 2. The fourth-order valence-electron chi connectivity index (χ4n) is 3.46. The predicted octanol–water partition coefficient (Wildman–Crippen LogP) is 3.11. The molecule has 0 radical (unpaired) electrons. The fourth-order valence-corrected chi connectivity index (χ4v) is 3.46. The molecule has 1 aliphatic heterocycles. The van der Waals surface area contributed by atoms with Crippen molar-refractivity contribution >= 4 is 28.8 Å². The Hall–Kier alpha value is -3.34. The van der Waals surface area contributed by atoms with Crippen LogP contribution in [0.1, 0.15) is 11.1 Å². The van der Waals surface area contributed by atoms with Crippen LogP contribution < -0.4 is 0 Å². The van der Waals surface area contributed by atoms with E-state index in [-0.39, 0.29) is 17.4 Å². The number of carbonyl (C=O) groups excluding carboxylic acids is 2. The van der Waals surface area contributed by atoms with Crippen molar-refractivity contribution in [1.29, 1.82) is 0 Å². The SMILES string of the molecule is CN1C(=O)C(=Cc2cn(CCc3ccccc3)c3ccccc23)C(=O)N1C. The van der Waals surface area contributed by atoms with Crippen LogP contribution >= 0.6 is 0 Å². The second-order valence-corrected chi connectivity index (χ2v) is 6.75. The zero-order valence-electron chi connectivity index (χ0n) is 15.4. The third-order valence-electron chi connectivity index (χ3n) is 5.10. The maximum absolute atomic E-state index is 12.4. The Morgan fingerprint density at radius 1 is 0.852 bits per heavy atom. The molecule has 3 aromatic rings. The number of nitrogens with zero attached hydrogens (tertiary/aromatic N) is 3. The van der Waals surface area contributed by atoms with Crippen LogP contribution in [0.15, 0.2) is 66.4 Å². The van der Waals surface area contributed by atoms with E-state index in [2.05, 4.69) is 22.8 Å². The number of hydrogen-bond acceptors (Lipinski definition) is 2. The molecule has 5 heteroatoms. The Morgan fingerprint density at radius 2 is 1.48 bits per heavy atom. The van der Waals surface area contributed by atoms with Crippen molar-refractivity contribution in [3.63, 3.8) is 0 Å². The number of carbonyl (C=O) groups is 2. The molecule has 1 aromatic heterocycles. The summed E-state index contributed by atoms with van der Waals surface area (Å²) in [6.45, 7) is 0.829. The summed E-state index contributed by atoms with van der Waals surface area (Å²) >= 11 is 0. The molecule has 5 nitrogen and oxygen atoms in total. The first-order chi connectivity index (χ1) is 13.1. The highest BCUT2D eigenvalue weighted by molar-refractivity contribution is 6.25. The van der Waals surface area contributed by atoms with E-state index in [0.717, 1.165) is 29.4 Å². The van der Waals surface area contributed by atoms with E-state index in [1.807, 2.05) is 42.6 Å². The molecule has 0 atom stereocenters. The smallest absolute Gasteiger partial charge is 0.277 e. The topological polar surface area (TPSA) is 45.6 Å². The second kappa shape index (κ2) is 6.76. The monoisotopic (exact) mass is 359 g/mol. The number of hydrogen-bond donors (Lipinski definition) is 0. The standard InChI is InChI=1S/C22H21N3O2/c1-23-21(26)19(22(27)24(23)2)14-17-15-25(20-11-7-6-10-18(17)20)13-12-16-8-4-3-5-9-16/h3-11,14-15H,12-13H2,1-2H3. The first-order valence-corrected chi connectivity index (χ1v) is 8.96. The molecule has 1 saturated heterocycles. The third-order valence-corrected chi connectivity index (χ3v) is 5.10. The normalized spacial score (nSPS) is 14.5. The average molecular weight is 359 g/mol. The van der Waals surface area contributed by atoms with Gasteiger partial charge < -0.3 is 4.57 Å². The molecule has 2 aromatic carbocycles. The van der Waals surface area contributed by atoms with Crippen molar-refractivity contribution in [2.24, 2.45) is 0 Å². The quantitative estimate of drug-likeness (QED) is 0.531. The van der Waals surface area contributed by atoms with Gasteiger partial charge in [-0.3, -0.25) is 19.6 Å². The van der Waals surface area contributed by atoms with Crippen LogP contribution in [-0.2, 0) is 22.6 Å². The molecule has 0 saturated carbocycles. The van der Waals surface area contributed by atoms with Crippen LogP contribution in [0.2, 0.25) is 0 Å². The van der Waals surface area contributed by atoms with Gasteiger partial charge in [0.25, 0.3) is 11.8 Å². The van der Waals surface area contributed by atoms with Crippen LogP contribution in [0.5, 0.6) is 0 Å². The van der Waals surface area contributed by atoms with Crippen molar-refractivity contribution in [2.75, 3.05) is 14.1 Å². The van der Waals surface area contributed by atoms with Crippen LogP contribution in [0.4, 0.5) is 0 Å². The van der Waals surface area contributed by atoms with Gasteiger partial charge in [-0.15, -0.1) is 0 Å². The molecule has 0 aliphatic carbocycles. The minimum atomic E-state index is -0.274. The summed E-state index contributed by atoms with van der Waals surface area (Å²) in [5.74, 6) is -0.549. The van der Waals surface area contributed by atoms with Crippen LogP contribution in [0, 0.1) is 0 Å². The van der Waals surface area contributed by atoms with Gasteiger partial charge in [0.2, 0.25) is 0 Å². The number of likely N-dealkylation sites (N-methyl/N-ethyl adjacent to an activating group) is 2. The van der Waals surface area contributed by atoms with Gasteiger partial charge in [0.05, 0.1) is 0 Å². The van der Waals surface area contributed by atoms with E-state index < -0.39 is 0 Å². The highest BCUT2D eigenvalue weighted by Crippen LogP contribution is 2.26. The van der Waals surface area contributed by atoms with Crippen molar-refractivity contribution in [3.8, 4) is 0 Å². The number of amides is 2. The highest BCUT2D eigenvalue weighted by atomic mass is 16.2. The lowest BCUT2D eigenvalue weighted by molar-refractivity contribution is -0.141. The first kappa shape index (κ1) is 17.1. The van der Waals surface area contributed by atoms with Gasteiger partial charge >= 0.3 is 0 Å². The lowest BCUT2D eigenvalue weighted by atomic mass is 10.1. The number of fused-ring (bicyclic) bond motifs is 1. The van der Waals surface area contributed by atoms with Crippen molar-refractivity contribution in [2.45, 2.75) is 13.0 Å². The van der Waals surface area contributed by atoms with Crippen molar-refractivity contribution in [3.05, 3.63) is 77.5 Å². The molecular formula is C22H21N3O2. The fraction of sp³-hybridized carbons (Fsp3) is 0.182. The second-order valence-electron chi connectivity index (χ2n) is 6.75. The zero-order chi connectivity index (χ0) is 19.0. The van der Waals surface area contributed by atoms with Gasteiger partial charge in [-0.2, -0.15) is 0 Å². The maximum atomic E-state index is 12.4. The van der Waals surface area contributed by atoms with E-state index in [9.17, 15) is 9.59 Å². The molecule has 0 N–H and O–H groups in total. The van der Waals surface area contributed by atoms with Crippen molar-refractivity contribution in [1.82, 2.24) is 14.6 Å². The first-order valence-electron chi connectivity index (χ1n) is 8.96. The summed E-state index contributed by atoms with van der Waals surface area (Å²) in [4.78, 5) is 24.7. The van der Waals surface area contributed by atoms with Gasteiger partial charge in [0, 0.05) is 43.3 Å². The minimum Gasteiger partial charge on any atom is -0.347 e. The Morgan fingerprint density at radius 3 is 2.19 bits per heavy atom. The van der Waals surface area contributed by atoms with Gasteiger partial charge in [-0.1, -0.05) is 48.5 Å². The molecule has 1 fully saturated rings. The molecule has 0 unspecified atom stereocenters. The van der Waals surface area contributed by atoms with Gasteiger partial charge in [-0.05, 0) is 24.1 Å². The van der Waals surface area contributed by atoms with Crippen LogP contribution in [0.3, 0.4) is 0 Å². The number of aryl methyl sites for hydroxylation is 2. The van der Waals surface area contributed by atoms with E-state index >= 15 is 0 Å². The Kier molecular flexibility index (Phi) is 4.28. The van der Waals surface area contributed by atoms with E-state index in [0.29, 0.717) is 0 Å². The Bertz CT molecular complexity index is 1030. The summed E-state index contributed by atoms with van der Waals surface area (Å²) in [6, 6.07) is 18.4. The van der Waals surface area contributed by atoms with Gasteiger partial charge in [-0.25, -0.2) is 0 Å². The molecule has 0 spiro atoms. The lowest BCUT2D eigenvalue weighted by Crippen LogP contribution is -2.33. The van der Waals surface area contributed by atoms with E-state index in [1.54, 1.807) is 20.2 Å². The number of aromatic nitrogens is 1. The summed E-state index contributed by atoms with van der Waals surface area (Å²) in [5, 5.41) is 3.71. The minimum absolute atomic E-state index is 0.200. The number of rotatable bonds is 4. The summed E-state index contributed by atoms with van der Waals surface area (Å²) in [6.07, 6.45) is 4.66. The summed E-state index contributed by atoms with van der Waals surface area (Å²) in [7, 11) is 3.20. The maximum Gasteiger partial charge on any atom is 0.277 e. The molecule has 2 amide bonds. The molecular weight excluding hydrogens is 338 g/mol. The average Bonchev–Trinajstić information content (AvgIpc) is 3.14.